The lowest BCUT2D eigenvalue weighted by molar-refractivity contribution is -0.146. The molecule has 0 fully saturated rings. The first kappa shape index (κ1) is 33.9. The molecule has 0 saturated carbocycles. The fourth-order valence-electron chi connectivity index (χ4n) is 3.93. The Morgan fingerprint density at radius 1 is 1.03 bits per heavy atom. The van der Waals surface area contributed by atoms with Crippen LogP contribution in [0.3, 0.4) is 0 Å². The summed E-state index contributed by atoms with van der Waals surface area (Å²) >= 11 is 0. The minimum atomic E-state index is -1.33. The van der Waals surface area contributed by atoms with Gasteiger partial charge in [0.2, 0.25) is 11.8 Å². The van der Waals surface area contributed by atoms with Gasteiger partial charge in [-0.3, -0.25) is 14.4 Å². The summed E-state index contributed by atoms with van der Waals surface area (Å²) in [6.45, 7) is 14.3. The Kier molecular flexibility index (Phi) is 14.0. The molecule has 39 heavy (non-hydrogen) atoms. The number of carbonyl (C=O) groups is 4. The average Bonchev–Trinajstić information content (AvgIpc) is 2.83. The number of ether oxygens (including phenoxy) is 2. The molecule has 0 radical (unpaired) electrons. The second-order valence-electron chi connectivity index (χ2n) is 11.1. The lowest BCUT2D eigenvalue weighted by atomic mass is 9.96. The van der Waals surface area contributed by atoms with Crippen LogP contribution >= 0.6 is 0 Å². The summed E-state index contributed by atoms with van der Waals surface area (Å²) < 4.78 is 10.2. The Morgan fingerprint density at radius 2 is 1.64 bits per heavy atom. The highest BCUT2D eigenvalue weighted by Crippen LogP contribution is 2.28. The number of nitrogens with zero attached hydrogens (tertiary/aromatic N) is 1. The van der Waals surface area contributed by atoms with E-state index in [4.69, 9.17) is 9.47 Å². The molecule has 10 nitrogen and oxygen atoms in total. The fourth-order valence-corrected chi connectivity index (χ4v) is 3.93. The number of benzene rings is 1. The number of rotatable bonds is 14. The molecule has 3 N–H and O–H groups in total. The quantitative estimate of drug-likeness (QED) is 0.302. The molecule has 220 valence electrons. The van der Waals surface area contributed by atoms with Gasteiger partial charge < -0.3 is 30.1 Å². The van der Waals surface area contributed by atoms with Crippen molar-refractivity contribution in [1.29, 1.82) is 0 Å². The Bertz CT molecular complexity index is 941. The van der Waals surface area contributed by atoms with E-state index in [-0.39, 0.29) is 19.6 Å². The number of hydrogen-bond donors (Lipinski definition) is 3. The number of hydrogen-bond acceptors (Lipinski definition) is 7. The highest BCUT2D eigenvalue weighted by Gasteiger charge is 2.38. The first-order chi connectivity index (χ1) is 18.2. The molecule has 0 heterocycles. The van der Waals surface area contributed by atoms with Crippen molar-refractivity contribution in [2.24, 2.45) is 5.92 Å². The van der Waals surface area contributed by atoms with E-state index < -0.39 is 54.2 Å². The molecule has 3 amide bonds. The normalized spacial score (nSPS) is 13.7. The summed E-state index contributed by atoms with van der Waals surface area (Å²) in [4.78, 5) is 53.3. The van der Waals surface area contributed by atoms with E-state index in [1.165, 1.54) is 4.90 Å². The topological polar surface area (TPSA) is 134 Å². The van der Waals surface area contributed by atoms with Crippen LogP contribution in [0.2, 0.25) is 0 Å². The number of aliphatic hydroxyl groups excluding tert-OH is 1. The van der Waals surface area contributed by atoms with Gasteiger partial charge >= 0.3 is 12.1 Å². The van der Waals surface area contributed by atoms with Crippen molar-refractivity contribution >= 4 is 23.9 Å². The van der Waals surface area contributed by atoms with Crippen molar-refractivity contribution in [2.75, 3.05) is 19.8 Å². The number of esters is 1. The maximum absolute atomic E-state index is 14.0. The number of aryl methyl sites for hydroxylation is 1. The highest BCUT2D eigenvalue weighted by atomic mass is 16.6. The first-order valence-corrected chi connectivity index (χ1v) is 13.6. The molecule has 3 unspecified atom stereocenters. The first-order valence-electron chi connectivity index (χ1n) is 13.6. The third-order valence-corrected chi connectivity index (χ3v) is 5.92. The minimum absolute atomic E-state index is 0.0173. The number of carbonyl (C=O) groups excluding carboxylic acids is 4. The van der Waals surface area contributed by atoms with Gasteiger partial charge in [-0.1, -0.05) is 43.7 Å². The van der Waals surface area contributed by atoms with Crippen LogP contribution in [0.5, 0.6) is 0 Å². The molecular formula is C29H47N3O7. The minimum Gasteiger partial charge on any atom is -0.466 e. The van der Waals surface area contributed by atoms with Crippen molar-refractivity contribution in [3.8, 4) is 0 Å². The van der Waals surface area contributed by atoms with E-state index in [1.807, 2.05) is 26.0 Å². The van der Waals surface area contributed by atoms with Gasteiger partial charge in [-0.15, -0.1) is 0 Å². The van der Waals surface area contributed by atoms with E-state index in [9.17, 15) is 24.3 Å². The summed E-state index contributed by atoms with van der Waals surface area (Å²) in [5.41, 5.74) is 0.736. The smallest absolute Gasteiger partial charge is 0.408 e. The highest BCUT2D eigenvalue weighted by molar-refractivity contribution is 5.92. The standard InChI is InChI=1S/C29H47N3O7/c1-9-38-24(34)16-17-30-26(35)25(22-14-11-20(4)12-15-22)32(21(5)13-10-19(2)3)27(36)23(18-33)31-28(37)39-29(6,7)8/h11-12,14-15,19,21,23,25,33H,9-10,13,16-18H2,1-8H3,(H,30,35)(H,31,37). The molecule has 0 aliphatic carbocycles. The van der Waals surface area contributed by atoms with Crippen LogP contribution in [-0.2, 0) is 23.9 Å². The van der Waals surface area contributed by atoms with Crippen LogP contribution in [0.1, 0.15) is 84.9 Å². The molecule has 1 aromatic carbocycles. The third kappa shape index (κ3) is 12.1. The summed E-state index contributed by atoms with van der Waals surface area (Å²) in [5, 5.41) is 15.3. The molecule has 0 saturated heterocycles. The summed E-state index contributed by atoms with van der Waals surface area (Å²) in [5.74, 6) is -1.19. The monoisotopic (exact) mass is 549 g/mol. The van der Waals surface area contributed by atoms with E-state index >= 15 is 0 Å². The van der Waals surface area contributed by atoms with Crippen LogP contribution in [-0.4, -0.2) is 71.3 Å². The van der Waals surface area contributed by atoms with E-state index in [0.29, 0.717) is 17.9 Å². The van der Waals surface area contributed by atoms with Crippen LogP contribution in [0.15, 0.2) is 24.3 Å². The lowest BCUT2D eigenvalue weighted by Crippen LogP contribution is -2.56. The Hall–Kier alpha value is -3.14. The Morgan fingerprint density at radius 3 is 2.15 bits per heavy atom. The van der Waals surface area contributed by atoms with Crippen LogP contribution < -0.4 is 10.6 Å². The summed E-state index contributed by atoms with van der Waals surface area (Å²) in [6, 6.07) is 4.41. The predicted octanol–water partition coefficient (Wildman–Crippen LogP) is 3.64. The van der Waals surface area contributed by atoms with Crippen molar-refractivity contribution < 1.29 is 33.8 Å². The molecule has 0 aliphatic rings. The third-order valence-electron chi connectivity index (χ3n) is 5.92. The van der Waals surface area contributed by atoms with Crippen molar-refractivity contribution in [3.63, 3.8) is 0 Å². The summed E-state index contributed by atoms with van der Waals surface area (Å²) in [7, 11) is 0. The molecule has 0 spiro atoms. The average molecular weight is 550 g/mol. The zero-order valence-electron chi connectivity index (χ0n) is 24.7. The van der Waals surface area contributed by atoms with Gasteiger partial charge in [-0.2, -0.15) is 0 Å². The number of amides is 3. The lowest BCUT2D eigenvalue weighted by Gasteiger charge is -2.38. The summed E-state index contributed by atoms with van der Waals surface area (Å²) in [6.07, 6.45) is 0.512. The van der Waals surface area contributed by atoms with E-state index in [1.54, 1.807) is 39.8 Å². The van der Waals surface area contributed by atoms with E-state index in [0.717, 1.165) is 12.0 Å². The van der Waals surface area contributed by atoms with Gasteiger partial charge in [-0.05, 0) is 65.9 Å². The van der Waals surface area contributed by atoms with E-state index in [2.05, 4.69) is 24.5 Å². The van der Waals surface area contributed by atoms with Gasteiger partial charge in [0.05, 0.1) is 19.6 Å². The SMILES string of the molecule is CCOC(=O)CCNC(=O)C(c1ccc(C)cc1)N(C(=O)C(CO)NC(=O)OC(C)(C)C)C(C)CCC(C)C. The fraction of sp³-hybridized carbons (Fsp3) is 0.655. The van der Waals surface area contributed by atoms with Crippen LogP contribution in [0, 0.1) is 12.8 Å². The number of nitrogens with one attached hydrogen (secondary N) is 2. The number of aliphatic hydroxyl groups is 1. The number of alkyl carbamates (subject to hydrolysis) is 1. The Labute approximate surface area is 232 Å². The molecule has 1 rings (SSSR count). The Balaban J connectivity index is 3.44. The van der Waals surface area contributed by atoms with Gasteiger partial charge in [0.25, 0.3) is 0 Å². The van der Waals surface area contributed by atoms with Crippen molar-refractivity contribution in [2.45, 2.75) is 98.4 Å². The van der Waals surface area contributed by atoms with Gasteiger partial charge in [0.1, 0.15) is 17.7 Å². The van der Waals surface area contributed by atoms with Gasteiger partial charge in [0.15, 0.2) is 0 Å². The second kappa shape index (κ2) is 16.1. The van der Waals surface area contributed by atoms with Crippen molar-refractivity contribution in [1.82, 2.24) is 15.5 Å². The molecule has 10 heteroatoms. The van der Waals surface area contributed by atoms with Crippen LogP contribution in [0.25, 0.3) is 0 Å². The molecule has 3 atom stereocenters. The maximum atomic E-state index is 14.0. The molecule has 0 aliphatic heterocycles. The van der Waals surface area contributed by atoms with Crippen molar-refractivity contribution in [3.05, 3.63) is 35.4 Å². The molecule has 0 bridgehead atoms. The predicted molar refractivity (Wildman–Crippen MR) is 149 cm³/mol. The zero-order chi connectivity index (χ0) is 29.8. The van der Waals surface area contributed by atoms with Gasteiger partial charge in [0, 0.05) is 12.6 Å². The van der Waals surface area contributed by atoms with Gasteiger partial charge in [-0.25, -0.2) is 4.79 Å². The van der Waals surface area contributed by atoms with Crippen LogP contribution in [0.4, 0.5) is 4.79 Å². The molecular weight excluding hydrogens is 502 g/mol. The molecule has 0 aromatic heterocycles. The largest absolute Gasteiger partial charge is 0.466 e. The second-order valence-corrected chi connectivity index (χ2v) is 11.1. The zero-order valence-corrected chi connectivity index (χ0v) is 24.7. The molecule has 1 aromatic rings. The maximum Gasteiger partial charge on any atom is 0.408 e.